The average Bonchev–Trinajstić information content (AvgIpc) is 3.15. The number of carbonyl (C=O) groups excluding carboxylic acids is 2. The number of amides is 2. The molecule has 33 heavy (non-hydrogen) atoms. The van der Waals surface area contributed by atoms with E-state index in [2.05, 4.69) is 20.0 Å². The lowest BCUT2D eigenvalue weighted by molar-refractivity contribution is -0.123. The summed E-state index contributed by atoms with van der Waals surface area (Å²) in [6.45, 7) is 4.87. The van der Waals surface area contributed by atoms with Gasteiger partial charge in [0.1, 0.15) is 0 Å². The third-order valence-electron chi connectivity index (χ3n) is 5.90. The number of hydrogen-bond acceptors (Lipinski definition) is 8. The summed E-state index contributed by atoms with van der Waals surface area (Å²) < 4.78 is 5.33. The van der Waals surface area contributed by atoms with Crippen molar-refractivity contribution in [1.29, 1.82) is 0 Å². The molecule has 0 saturated carbocycles. The molecule has 9 heteroatoms. The molecule has 0 unspecified atom stereocenters. The van der Waals surface area contributed by atoms with Gasteiger partial charge in [0, 0.05) is 32.7 Å². The van der Waals surface area contributed by atoms with E-state index in [1.165, 1.54) is 4.90 Å². The third-order valence-corrected chi connectivity index (χ3v) is 5.90. The largest absolute Gasteiger partial charge is 0.394 e. The summed E-state index contributed by atoms with van der Waals surface area (Å²) in [6.07, 6.45) is 0.202. The molecule has 9 nitrogen and oxygen atoms in total. The Morgan fingerprint density at radius 2 is 1.55 bits per heavy atom. The number of benzene rings is 2. The lowest BCUT2D eigenvalue weighted by atomic mass is 10.1. The third kappa shape index (κ3) is 5.88. The Labute approximate surface area is 193 Å². The zero-order chi connectivity index (χ0) is 23.0. The number of nitrogens with zero attached hydrogens (tertiary/aromatic N) is 5. The van der Waals surface area contributed by atoms with E-state index in [0.29, 0.717) is 24.6 Å². The first-order valence-electron chi connectivity index (χ1n) is 11.2. The summed E-state index contributed by atoms with van der Waals surface area (Å²) in [4.78, 5) is 31.5. The molecule has 0 radical (unpaired) electrons. The number of hydrogen-bond donors (Lipinski definition) is 1. The molecule has 2 aromatic carbocycles. The highest BCUT2D eigenvalue weighted by Gasteiger charge is 2.43. The molecule has 0 aliphatic carbocycles. The molecule has 2 saturated heterocycles. The van der Waals surface area contributed by atoms with Crippen molar-refractivity contribution in [2.45, 2.75) is 12.5 Å². The zero-order valence-electron chi connectivity index (χ0n) is 18.5. The summed E-state index contributed by atoms with van der Waals surface area (Å²) in [5.74, 6) is -0.345. The predicted octanol–water partition coefficient (Wildman–Crippen LogP) is 2.36. The maximum atomic E-state index is 13.1. The standard InChI is InChI=1S/C24H29N5O4/c30-15-17-33-16-14-27-10-12-28(13-11-27)22-18-23(31)29(24(22)32)21-8-6-20(7-9-21)26-25-19-4-2-1-3-5-19/h1-9,22,30H,10-18H2/t22-/m1/s1. The Balaban J connectivity index is 1.32. The summed E-state index contributed by atoms with van der Waals surface area (Å²) in [6, 6.07) is 16.0. The molecular formula is C24H29N5O4. The van der Waals surface area contributed by atoms with Crippen LogP contribution in [0.3, 0.4) is 0 Å². The van der Waals surface area contributed by atoms with Crippen LogP contribution < -0.4 is 4.90 Å². The monoisotopic (exact) mass is 451 g/mol. The number of imide groups is 1. The van der Waals surface area contributed by atoms with Crippen LogP contribution in [0.4, 0.5) is 17.1 Å². The zero-order valence-corrected chi connectivity index (χ0v) is 18.5. The first-order chi connectivity index (χ1) is 16.2. The van der Waals surface area contributed by atoms with Gasteiger partial charge in [0.05, 0.1) is 49.3 Å². The molecule has 4 rings (SSSR count). The van der Waals surface area contributed by atoms with E-state index in [1.54, 1.807) is 24.3 Å². The van der Waals surface area contributed by atoms with Crippen molar-refractivity contribution in [3.05, 3.63) is 54.6 Å². The number of carbonyl (C=O) groups is 2. The number of piperazine rings is 1. The van der Waals surface area contributed by atoms with Gasteiger partial charge in [0.15, 0.2) is 0 Å². The van der Waals surface area contributed by atoms with Crippen LogP contribution in [0.15, 0.2) is 64.8 Å². The van der Waals surface area contributed by atoms with Crippen molar-refractivity contribution >= 4 is 28.9 Å². The van der Waals surface area contributed by atoms with Gasteiger partial charge in [-0.05, 0) is 36.4 Å². The number of aliphatic hydroxyl groups excluding tert-OH is 1. The molecule has 174 valence electrons. The fourth-order valence-electron chi connectivity index (χ4n) is 4.11. The Morgan fingerprint density at radius 1 is 0.879 bits per heavy atom. The molecule has 0 aromatic heterocycles. The van der Waals surface area contributed by atoms with Gasteiger partial charge >= 0.3 is 0 Å². The maximum absolute atomic E-state index is 13.1. The van der Waals surface area contributed by atoms with Crippen LogP contribution >= 0.6 is 0 Å². The van der Waals surface area contributed by atoms with E-state index in [-0.39, 0.29) is 24.8 Å². The quantitative estimate of drug-likeness (QED) is 0.357. The molecule has 2 aliphatic rings. The van der Waals surface area contributed by atoms with E-state index in [1.807, 2.05) is 30.3 Å². The van der Waals surface area contributed by atoms with Crippen LogP contribution in [0.25, 0.3) is 0 Å². The number of ether oxygens (including phenoxy) is 1. The van der Waals surface area contributed by atoms with Crippen molar-refractivity contribution in [2.75, 3.05) is 57.4 Å². The normalized spacial score (nSPS) is 20.3. The van der Waals surface area contributed by atoms with Gasteiger partial charge < -0.3 is 9.84 Å². The highest BCUT2D eigenvalue weighted by atomic mass is 16.5. The van der Waals surface area contributed by atoms with Crippen molar-refractivity contribution in [1.82, 2.24) is 9.80 Å². The van der Waals surface area contributed by atoms with Crippen LogP contribution in [-0.4, -0.2) is 85.3 Å². The fraction of sp³-hybridized carbons (Fsp3) is 0.417. The second-order valence-electron chi connectivity index (χ2n) is 8.05. The van der Waals surface area contributed by atoms with Gasteiger partial charge in [-0.2, -0.15) is 10.2 Å². The fourth-order valence-corrected chi connectivity index (χ4v) is 4.11. The van der Waals surface area contributed by atoms with Crippen LogP contribution in [0.1, 0.15) is 6.42 Å². The van der Waals surface area contributed by atoms with Crippen LogP contribution in [0, 0.1) is 0 Å². The van der Waals surface area contributed by atoms with Gasteiger partial charge in [-0.25, -0.2) is 4.90 Å². The van der Waals surface area contributed by atoms with Gasteiger partial charge in [-0.15, -0.1) is 0 Å². The summed E-state index contributed by atoms with van der Waals surface area (Å²) >= 11 is 0. The maximum Gasteiger partial charge on any atom is 0.251 e. The Hall–Kier alpha value is -2.98. The molecule has 2 heterocycles. The minimum atomic E-state index is -0.414. The minimum Gasteiger partial charge on any atom is -0.394 e. The summed E-state index contributed by atoms with van der Waals surface area (Å²) in [5.41, 5.74) is 1.97. The molecule has 0 bridgehead atoms. The second kappa shape index (κ2) is 11.2. The SMILES string of the molecule is O=C1C[C@@H](N2CCN(CCOCCO)CC2)C(=O)N1c1ccc(N=Nc2ccccc2)cc1. The summed E-state index contributed by atoms with van der Waals surface area (Å²) in [7, 11) is 0. The molecule has 2 aliphatic heterocycles. The van der Waals surface area contributed by atoms with E-state index in [0.717, 1.165) is 38.4 Å². The van der Waals surface area contributed by atoms with Crippen LogP contribution in [-0.2, 0) is 14.3 Å². The second-order valence-corrected chi connectivity index (χ2v) is 8.05. The Bertz CT molecular complexity index is 959. The van der Waals surface area contributed by atoms with Gasteiger partial charge in [-0.1, -0.05) is 18.2 Å². The van der Waals surface area contributed by atoms with Crippen LogP contribution in [0.5, 0.6) is 0 Å². The first kappa shape index (κ1) is 23.2. The molecule has 0 spiro atoms. The van der Waals surface area contributed by atoms with E-state index in [9.17, 15) is 9.59 Å². The first-order valence-corrected chi connectivity index (χ1v) is 11.2. The van der Waals surface area contributed by atoms with Crippen molar-refractivity contribution in [2.24, 2.45) is 10.2 Å². The van der Waals surface area contributed by atoms with Gasteiger partial charge in [0.25, 0.3) is 5.91 Å². The lowest BCUT2D eigenvalue weighted by Crippen LogP contribution is -2.53. The number of azo groups is 1. The Kier molecular flexibility index (Phi) is 7.90. The molecule has 2 fully saturated rings. The minimum absolute atomic E-state index is 0.0304. The van der Waals surface area contributed by atoms with Crippen molar-refractivity contribution in [3.8, 4) is 0 Å². The predicted molar refractivity (Wildman–Crippen MR) is 124 cm³/mol. The highest BCUT2D eigenvalue weighted by Crippen LogP contribution is 2.28. The smallest absolute Gasteiger partial charge is 0.251 e. The topological polar surface area (TPSA) is 98.0 Å². The molecular weight excluding hydrogens is 422 g/mol. The molecule has 1 N–H and O–H groups in total. The molecule has 2 aromatic rings. The lowest BCUT2D eigenvalue weighted by Gasteiger charge is -2.36. The molecule has 1 atom stereocenters. The van der Waals surface area contributed by atoms with Crippen molar-refractivity contribution in [3.63, 3.8) is 0 Å². The van der Waals surface area contributed by atoms with E-state index < -0.39 is 6.04 Å². The Morgan fingerprint density at radius 3 is 2.21 bits per heavy atom. The van der Waals surface area contributed by atoms with Gasteiger partial charge in [-0.3, -0.25) is 19.4 Å². The summed E-state index contributed by atoms with van der Waals surface area (Å²) in [5, 5.41) is 17.2. The van der Waals surface area contributed by atoms with Crippen molar-refractivity contribution < 1.29 is 19.4 Å². The number of anilines is 1. The van der Waals surface area contributed by atoms with Crippen LogP contribution in [0.2, 0.25) is 0 Å². The number of rotatable bonds is 9. The highest BCUT2D eigenvalue weighted by molar-refractivity contribution is 6.22. The van der Waals surface area contributed by atoms with E-state index >= 15 is 0 Å². The van der Waals surface area contributed by atoms with Gasteiger partial charge in [0.2, 0.25) is 5.91 Å². The molecule has 2 amide bonds. The average molecular weight is 452 g/mol. The number of aliphatic hydroxyl groups is 1. The van der Waals surface area contributed by atoms with E-state index in [4.69, 9.17) is 9.84 Å².